The molecule has 7 rings (SSSR count). The molecule has 0 aromatic carbocycles. The van der Waals surface area contributed by atoms with Gasteiger partial charge >= 0.3 is 5.97 Å². The molecular formula is C26H22Cl2N6O3S2. The first kappa shape index (κ1) is 26.3. The number of fused-ring (bicyclic) bond motifs is 6. The molecule has 39 heavy (non-hydrogen) atoms. The number of amides is 1. The van der Waals surface area contributed by atoms with Crippen LogP contribution >= 0.6 is 45.9 Å². The fourth-order valence-corrected chi connectivity index (χ4v) is 8.70. The molecule has 200 valence electrons. The number of likely N-dealkylation sites (tertiary alicyclic amines) is 1. The van der Waals surface area contributed by atoms with E-state index in [0.717, 1.165) is 56.6 Å². The minimum Gasteiger partial charge on any atom is -0.481 e. The first-order valence-corrected chi connectivity index (χ1v) is 15.0. The van der Waals surface area contributed by atoms with E-state index in [9.17, 15) is 9.59 Å². The van der Waals surface area contributed by atoms with Gasteiger partial charge < -0.3 is 10.0 Å². The van der Waals surface area contributed by atoms with Gasteiger partial charge in [0.05, 0.1) is 28.7 Å². The molecule has 0 radical (unpaired) electrons. The molecule has 0 bridgehead atoms. The Morgan fingerprint density at radius 3 is 1.92 bits per heavy atom. The number of hydrogen-bond donors (Lipinski definition) is 1. The monoisotopic (exact) mass is 600 g/mol. The molecule has 1 saturated heterocycles. The summed E-state index contributed by atoms with van der Waals surface area (Å²) in [6, 6.07) is 2.21. The highest BCUT2D eigenvalue weighted by Crippen LogP contribution is 2.41. The van der Waals surface area contributed by atoms with Crippen LogP contribution in [0.25, 0.3) is 20.4 Å². The number of rotatable bonds is 2. The van der Waals surface area contributed by atoms with E-state index in [4.69, 9.17) is 33.6 Å². The third-order valence-corrected chi connectivity index (χ3v) is 10.6. The Morgan fingerprint density at radius 1 is 0.897 bits per heavy atom. The summed E-state index contributed by atoms with van der Waals surface area (Å²) in [5, 5.41) is 20.7. The minimum absolute atomic E-state index is 0.0153. The van der Waals surface area contributed by atoms with Crippen LogP contribution in [0.3, 0.4) is 0 Å². The lowest BCUT2D eigenvalue weighted by Crippen LogP contribution is -2.52. The summed E-state index contributed by atoms with van der Waals surface area (Å²) in [5.41, 5.74) is 2.36. The second-order valence-electron chi connectivity index (χ2n) is 9.98. The molecule has 4 aromatic heterocycles. The van der Waals surface area contributed by atoms with Gasteiger partial charge in [0.2, 0.25) is 5.91 Å². The number of hydrogen-bond acceptors (Lipinski definition) is 9. The fraction of sp³-hybridized carbons (Fsp3) is 0.423. The Labute approximate surface area is 241 Å². The van der Waals surface area contributed by atoms with Gasteiger partial charge in [-0.15, -0.1) is 22.7 Å². The first-order valence-electron chi connectivity index (χ1n) is 12.6. The standard InChI is InChI=1S/C15H13ClN4OS.C11H9ClN2O2S/c16-13-12-10-2-1-9(15(21)20-5-8(4-17)6-20)3-11(10)22-14(12)19-7-18-13;12-9-8-6-2-1-5(11(15)16)3-7(6)17-10(8)14-4-13-9/h7-9H,1-3,5-6H2;4-5H,1-3H2,(H,15,16). The van der Waals surface area contributed by atoms with E-state index in [2.05, 4.69) is 26.0 Å². The molecule has 3 aliphatic rings. The second-order valence-corrected chi connectivity index (χ2v) is 12.9. The molecule has 2 aliphatic carbocycles. The molecule has 0 saturated carbocycles. The zero-order chi connectivity index (χ0) is 27.3. The summed E-state index contributed by atoms with van der Waals surface area (Å²) in [6.07, 6.45) is 7.35. The number of aliphatic carboxylic acids is 1. The van der Waals surface area contributed by atoms with Crippen LogP contribution in [-0.4, -0.2) is 54.9 Å². The lowest BCUT2D eigenvalue weighted by atomic mass is 9.86. The van der Waals surface area contributed by atoms with Gasteiger partial charge in [0, 0.05) is 28.8 Å². The van der Waals surface area contributed by atoms with Gasteiger partial charge in [-0.05, 0) is 49.7 Å². The average molecular weight is 602 g/mol. The Kier molecular flexibility index (Phi) is 7.14. The van der Waals surface area contributed by atoms with Gasteiger partial charge in [-0.25, -0.2) is 19.9 Å². The lowest BCUT2D eigenvalue weighted by molar-refractivity contribution is -0.142. The highest BCUT2D eigenvalue weighted by Gasteiger charge is 2.37. The highest BCUT2D eigenvalue weighted by molar-refractivity contribution is 7.19. The van der Waals surface area contributed by atoms with Crippen molar-refractivity contribution in [2.75, 3.05) is 13.1 Å². The van der Waals surface area contributed by atoms with Crippen LogP contribution in [0.5, 0.6) is 0 Å². The maximum absolute atomic E-state index is 12.5. The smallest absolute Gasteiger partial charge is 0.306 e. The molecule has 1 amide bonds. The van der Waals surface area contributed by atoms with E-state index < -0.39 is 5.97 Å². The van der Waals surface area contributed by atoms with E-state index in [-0.39, 0.29) is 23.7 Å². The van der Waals surface area contributed by atoms with Gasteiger partial charge in [-0.1, -0.05) is 23.2 Å². The molecule has 2 unspecified atom stereocenters. The van der Waals surface area contributed by atoms with Crippen LogP contribution in [0, 0.1) is 29.1 Å². The molecule has 4 aromatic rings. The number of halogens is 2. The Hall–Kier alpha value is -2.91. The number of carbonyl (C=O) groups excluding carboxylic acids is 1. The quantitative estimate of drug-likeness (QED) is 0.319. The van der Waals surface area contributed by atoms with Crippen LogP contribution in [0.2, 0.25) is 10.3 Å². The molecule has 1 fully saturated rings. The molecule has 5 heterocycles. The van der Waals surface area contributed by atoms with Crippen molar-refractivity contribution in [3.63, 3.8) is 0 Å². The van der Waals surface area contributed by atoms with Crippen molar-refractivity contribution in [3.8, 4) is 6.07 Å². The summed E-state index contributed by atoms with van der Waals surface area (Å²) in [7, 11) is 0. The number of carboxylic acid groups (broad SMARTS) is 1. The third kappa shape index (κ3) is 4.84. The second kappa shape index (κ2) is 10.6. The zero-order valence-electron chi connectivity index (χ0n) is 20.6. The number of carboxylic acids is 1. The van der Waals surface area contributed by atoms with Crippen molar-refractivity contribution < 1.29 is 14.7 Å². The first-order chi connectivity index (χ1) is 18.8. The maximum atomic E-state index is 12.5. The van der Waals surface area contributed by atoms with Crippen LogP contribution < -0.4 is 0 Å². The van der Waals surface area contributed by atoms with Crippen molar-refractivity contribution in [3.05, 3.63) is 43.8 Å². The molecule has 9 nitrogen and oxygen atoms in total. The van der Waals surface area contributed by atoms with Gasteiger partial charge in [0.25, 0.3) is 0 Å². The summed E-state index contributed by atoms with van der Waals surface area (Å²) in [4.78, 5) is 45.9. The number of aromatic nitrogens is 4. The minimum atomic E-state index is -0.717. The van der Waals surface area contributed by atoms with E-state index in [1.807, 2.05) is 4.90 Å². The SMILES string of the molecule is N#CC1CN(C(=O)C2CCc3c(sc4ncnc(Cl)c34)C2)C1.O=C(O)C1CCc2c(sc3ncnc(Cl)c23)C1. The van der Waals surface area contributed by atoms with Crippen molar-refractivity contribution in [1.29, 1.82) is 5.26 Å². The topological polar surface area (TPSA) is 133 Å². The van der Waals surface area contributed by atoms with Crippen molar-refractivity contribution in [2.45, 2.75) is 38.5 Å². The molecule has 13 heteroatoms. The van der Waals surface area contributed by atoms with Gasteiger partial charge in [0.15, 0.2) is 0 Å². The van der Waals surface area contributed by atoms with Gasteiger partial charge in [-0.2, -0.15) is 5.26 Å². The van der Waals surface area contributed by atoms with E-state index in [1.54, 1.807) is 11.3 Å². The van der Waals surface area contributed by atoms with Crippen LogP contribution in [0.1, 0.15) is 33.7 Å². The Balaban J connectivity index is 0.000000147. The number of aryl methyl sites for hydroxylation is 2. The lowest BCUT2D eigenvalue weighted by Gasteiger charge is -2.38. The van der Waals surface area contributed by atoms with Crippen molar-refractivity contribution in [1.82, 2.24) is 24.8 Å². The van der Waals surface area contributed by atoms with Crippen molar-refractivity contribution in [2.24, 2.45) is 17.8 Å². The predicted molar refractivity (Wildman–Crippen MR) is 149 cm³/mol. The summed E-state index contributed by atoms with van der Waals surface area (Å²) in [6.45, 7) is 1.17. The number of carbonyl (C=O) groups is 2. The highest BCUT2D eigenvalue weighted by atomic mass is 35.5. The van der Waals surface area contributed by atoms with E-state index in [1.165, 1.54) is 34.4 Å². The van der Waals surface area contributed by atoms with Crippen molar-refractivity contribution >= 4 is 78.2 Å². The zero-order valence-corrected chi connectivity index (χ0v) is 23.7. The summed E-state index contributed by atoms with van der Waals surface area (Å²) >= 11 is 15.4. The third-order valence-electron chi connectivity index (χ3n) is 7.67. The molecule has 1 aliphatic heterocycles. The number of thiophene rings is 2. The number of nitriles is 1. The number of nitrogens with zero attached hydrogens (tertiary/aromatic N) is 6. The largest absolute Gasteiger partial charge is 0.481 e. The average Bonchev–Trinajstić information content (AvgIpc) is 3.47. The molecular weight excluding hydrogens is 579 g/mol. The Morgan fingerprint density at radius 2 is 1.41 bits per heavy atom. The molecule has 1 N–H and O–H groups in total. The fourth-order valence-electron chi connectivity index (χ4n) is 5.56. The van der Waals surface area contributed by atoms with E-state index in [0.29, 0.717) is 36.2 Å². The predicted octanol–water partition coefficient (Wildman–Crippen LogP) is 4.97. The van der Waals surface area contributed by atoms with Gasteiger partial charge in [0.1, 0.15) is 32.6 Å². The molecule has 2 atom stereocenters. The normalized spacial score (nSPS) is 20.4. The maximum Gasteiger partial charge on any atom is 0.306 e. The summed E-state index contributed by atoms with van der Waals surface area (Å²) in [5.74, 6) is -0.771. The molecule has 0 spiro atoms. The van der Waals surface area contributed by atoms with Crippen LogP contribution in [0.4, 0.5) is 0 Å². The van der Waals surface area contributed by atoms with Crippen LogP contribution in [0.15, 0.2) is 12.7 Å². The van der Waals surface area contributed by atoms with Crippen LogP contribution in [-0.2, 0) is 35.3 Å². The van der Waals surface area contributed by atoms with E-state index >= 15 is 0 Å². The van der Waals surface area contributed by atoms with Gasteiger partial charge in [-0.3, -0.25) is 9.59 Å². The Bertz CT molecular complexity index is 1660. The summed E-state index contributed by atoms with van der Waals surface area (Å²) < 4.78 is 0.